The van der Waals surface area contributed by atoms with E-state index in [1.165, 1.54) is 0 Å². The van der Waals surface area contributed by atoms with Crippen LogP contribution < -0.4 is 25.0 Å². The van der Waals surface area contributed by atoms with Gasteiger partial charge in [0.15, 0.2) is 11.5 Å². The average molecular weight is 512 g/mol. The normalized spacial score (nSPS) is 11.1. The number of hydrogen-bond acceptors (Lipinski definition) is 6. The van der Waals surface area contributed by atoms with E-state index in [9.17, 15) is 9.59 Å². The van der Waals surface area contributed by atoms with Crippen LogP contribution in [0, 0.1) is 0 Å². The average Bonchev–Trinajstić information content (AvgIpc) is 2.95. The van der Waals surface area contributed by atoms with Crippen LogP contribution in [0.3, 0.4) is 0 Å². The van der Waals surface area contributed by atoms with Gasteiger partial charge in [-0.15, -0.1) is 0 Å². The summed E-state index contributed by atoms with van der Waals surface area (Å²) in [6.45, 7) is 4.52. The van der Waals surface area contributed by atoms with Gasteiger partial charge in [-0.25, -0.2) is 5.43 Å². The zero-order chi connectivity index (χ0) is 26.9. The number of ether oxygens (including phenoxy) is 3. The molecule has 0 bridgehead atoms. The van der Waals surface area contributed by atoms with Gasteiger partial charge < -0.3 is 19.5 Å². The van der Waals surface area contributed by atoms with E-state index in [1.807, 2.05) is 37.3 Å². The Morgan fingerprint density at radius 3 is 2.37 bits per heavy atom. The molecule has 4 aromatic carbocycles. The first-order valence-corrected chi connectivity index (χ1v) is 12.1. The van der Waals surface area contributed by atoms with Crippen LogP contribution in [0.2, 0.25) is 0 Å². The molecule has 0 aromatic heterocycles. The minimum atomic E-state index is -0.889. The molecule has 0 fully saturated rings. The first-order valence-electron chi connectivity index (χ1n) is 12.1. The van der Waals surface area contributed by atoms with Crippen molar-refractivity contribution in [3.63, 3.8) is 0 Å². The highest BCUT2D eigenvalue weighted by Crippen LogP contribution is 2.30. The first kappa shape index (κ1) is 26.2. The molecular weight excluding hydrogens is 482 g/mol. The Kier molecular flexibility index (Phi) is 8.56. The van der Waals surface area contributed by atoms with E-state index in [4.69, 9.17) is 14.2 Å². The number of carbonyl (C=O) groups is 2. The number of carbonyl (C=O) groups excluding carboxylic acids is 2. The van der Waals surface area contributed by atoms with Gasteiger partial charge in [-0.1, -0.05) is 42.5 Å². The number of fused-ring (bicyclic) bond motifs is 1. The van der Waals surface area contributed by atoms with E-state index in [1.54, 1.807) is 50.4 Å². The second kappa shape index (κ2) is 12.4. The molecule has 0 unspecified atom stereocenters. The molecule has 8 heteroatoms. The van der Waals surface area contributed by atoms with Crippen molar-refractivity contribution in [3.05, 3.63) is 96.1 Å². The van der Waals surface area contributed by atoms with Gasteiger partial charge in [0.05, 0.1) is 19.4 Å². The summed E-state index contributed by atoms with van der Waals surface area (Å²) in [6.07, 6.45) is 0. The van der Waals surface area contributed by atoms with E-state index in [0.29, 0.717) is 47.4 Å². The van der Waals surface area contributed by atoms with Gasteiger partial charge in [0.2, 0.25) is 0 Å². The van der Waals surface area contributed by atoms with Gasteiger partial charge >= 0.3 is 11.8 Å². The monoisotopic (exact) mass is 511 g/mol. The van der Waals surface area contributed by atoms with Crippen LogP contribution in [0.5, 0.6) is 17.2 Å². The summed E-state index contributed by atoms with van der Waals surface area (Å²) in [5.74, 6) is 0.0592. The Hall–Kier alpha value is -4.85. The molecule has 0 saturated heterocycles. The summed E-state index contributed by atoms with van der Waals surface area (Å²) < 4.78 is 17.0. The minimum absolute atomic E-state index is 0.379. The Morgan fingerprint density at radius 1 is 0.842 bits per heavy atom. The van der Waals surface area contributed by atoms with Gasteiger partial charge in [-0.05, 0) is 72.6 Å². The van der Waals surface area contributed by atoms with Crippen LogP contribution in [-0.4, -0.2) is 31.2 Å². The maximum atomic E-state index is 12.2. The second-order valence-corrected chi connectivity index (χ2v) is 8.34. The van der Waals surface area contributed by atoms with Crippen LogP contribution in [0.1, 0.15) is 25.0 Å². The molecular formula is C30H29N3O5. The zero-order valence-corrected chi connectivity index (χ0v) is 21.5. The molecule has 2 N–H and O–H groups in total. The van der Waals surface area contributed by atoms with Crippen LogP contribution in [0.25, 0.3) is 10.8 Å². The number of amides is 2. The maximum Gasteiger partial charge on any atom is 0.329 e. The van der Waals surface area contributed by atoms with Crippen LogP contribution in [0.4, 0.5) is 5.69 Å². The summed E-state index contributed by atoms with van der Waals surface area (Å²) in [4.78, 5) is 24.5. The van der Waals surface area contributed by atoms with E-state index in [0.717, 1.165) is 16.3 Å². The molecule has 0 aliphatic rings. The van der Waals surface area contributed by atoms with E-state index in [2.05, 4.69) is 34.0 Å². The molecule has 0 aliphatic heterocycles. The topological polar surface area (TPSA) is 98.2 Å². The van der Waals surface area contributed by atoms with Crippen LogP contribution in [0.15, 0.2) is 90.0 Å². The Balaban J connectivity index is 1.38. The fourth-order valence-corrected chi connectivity index (χ4v) is 3.82. The molecule has 0 spiro atoms. The molecule has 194 valence electrons. The van der Waals surface area contributed by atoms with Gasteiger partial charge in [0.1, 0.15) is 12.4 Å². The van der Waals surface area contributed by atoms with E-state index in [-0.39, 0.29) is 0 Å². The van der Waals surface area contributed by atoms with E-state index < -0.39 is 11.8 Å². The smallest absolute Gasteiger partial charge is 0.329 e. The summed E-state index contributed by atoms with van der Waals surface area (Å²) in [7, 11) is 1.56. The number of rotatable bonds is 9. The van der Waals surface area contributed by atoms with Crippen molar-refractivity contribution < 1.29 is 23.8 Å². The Bertz CT molecular complexity index is 1460. The highest BCUT2D eigenvalue weighted by atomic mass is 16.5. The lowest BCUT2D eigenvalue weighted by atomic mass is 10.1. The number of benzene rings is 4. The summed E-state index contributed by atoms with van der Waals surface area (Å²) in [5, 5.41) is 8.88. The summed E-state index contributed by atoms with van der Waals surface area (Å²) in [6, 6.07) is 26.4. The number of anilines is 1. The largest absolute Gasteiger partial charge is 0.494 e. The summed E-state index contributed by atoms with van der Waals surface area (Å²) in [5.41, 5.74) is 5.02. The quantitative estimate of drug-likeness (QED) is 0.180. The number of hydrogen-bond donors (Lipinski definition) is 2. The third-order valence-corrected chi connectivity index (χ3v) is 5.80. The second-order valence-electron chi connectivity index (χ2n) is 8.34. The van der Waals surface area contributed by atoms with Crippen LogP contribution >= 0.6 is 0 Å². The number of methoxy groups -OCH3 is 1. The highest BCUT2D eigenvalue weighted by molar-refractivity contribution is 6.39. The molecule has 0 aliphatic carbocycles. The van der Waals surface area contributed by atoms with Crippen molar-refractivity contribution in [2.75, 3.05) is 19.0 Å². The lowest BCUT2D eigenvalue weighted by Gasteiger charge is -2.13. The molecule has 0 radical (unpaired) electrons. The lowest BCUT2D eigenvalue weighted by Crippen LogP contribution is -2.32. The first-order chi connectivity index (χ1) is 18.5. The van der Waals surface area contributed by atoms with Gasteiger partial charge in [-0.2, -0.15) is 5.10 Å². The molecule has 4 rings (SSSR count). The van der Waals surface area contributed by atoms with Gasteiger partial charge in [0, 0.05) is 11.3 Å². The van der Waals surface area contributed by atoms with Crippen molar-refractivity contribution in [1.82, 2.24) is 5.43 Å². The molecule has 2 amide bonds. The molecule has 8 nitrogen and oxygen atoms in total. The van der Waals surface area contributed by atoms with Gasteiger partial charge in [-0.3, -0.25) is 9.59 Å². The number of nitrogens with zero attached hydrogens (tertiary/aromatic N) is 1. The van der Waals surface area contributed by atoms with Crippen molar-refractivity contribution in [1.29, 1.82) is 0 Å². The van der Waals surface area contributed by atoms with E-state index >= 15 is 0 Å². The predicted molar refractivity (Wildman–Crippen MR) is 148 cm³/mol. The molecule has 38 heavy (non-hydrogen) atoms. The Morgan fingerprint density at radius 2 is 1.61 bits per heavy atom. The fourth-order valence-electron chi connectivity index (χ4n) is 3.82. The standard InChI is InChI=1S/C30H29N3O5/c1-4-37-25-15-13-24(14-16-25)31-29(34)30(35)33-32-20(2)22-12-17-27(28(18-22)36-3)38-19-23-10-7-9-21-8-5-6-11-26(21)23/h5-18H,4,19H2,1-3H3,(H,31,34)(H,33,35). The third-order valence-electron chi connectivity index (χ3n) is 5.80. The van der Waals surface area contributed by atoms with Crippen molar-refractivity contribution >= 4 is 34.0 Å². The fraction of sp³-hybridized carbons (Fsp3) is 0.167. The lowest BCUT2D eigenvalue weighted by molar-refractivity contribution is -0.136. The van der Waals surface area contributed by atoms with Gasteiger partial charge in [0.25, 0.3) is 0 Å². The molecule has 0 atom stereocenters. The van der Waals surface area contributed by atoms with Crippen molar-refractivity contribution in [2.24, 2.45) is 5.10 Å². The highest BCUT2D eigenvalue weighted by Gasteiger charge is 2.14. The number of nitrogens with one attached hydrogen (secondary N) is 2. The SMILES string of the molecule is CCOc1ccc(NC(=O)C(=O)NN=C(C)c2ccc(OCc3cccc4ccccc34)c(OC)c2)cc1. The summed E-state index contributed by atoms with van der Waals surface area (Å²) >= 11 is 0. The minimum Gasteiger partial charge on any atom is -0.494 e. The zero-order valence-electron chi connectivity index (χ0n) is 21.5. The third kappa shape index (κ3) is 6.47. The molecule has 0 heterocycles. The maximum absolute atomic E-state index is 12.2. The van der Waals surface area contributed by atoms with Crippen molar-refractivity contribution in [3.8, 4) is 17.2 Å². The predicted octanol–water partition coefficient (Wildman–Crippen LogP) is 5.31. The van der Waals surface area contributed by atoms with Crippen LogP contribution in [-0.2, 0) is 16.2 Å². The van der Waals surface area contributed by atoms with Crippen molar-refractivity contribution in [2.45, 2.75) is 20.5 Å². The molecule has 0 saturated carbocycles. The molecule has 4 aromatic rings. The number of hydrazone groups is 1. The Labute approximate surface area is 221 Å².